The molecule has 0 unspecified atom stereocenters. The van der Waals surface area contributed by atoms with E-state index in [2.05, 4.69) is 15.4 Å². The predicted molar refractivity (Wildman–Crippen MR) is 66.4 cm³/mol. The number of nitrogens with two attached hydrogens (primary N) is 1. The van der Waals surface area contributed by atoms with Crippen molar-refractivity contribution in [3.63, 3.8) is 0 Å². The third-order valence-electron chi connectivity index (χ3n) is 1.90. The summed E-state index contributed by atoms with van der Waals surface area (Å²) in [5.74, 6) is 6.56. The van der Waals surface area contributed by atoms with Crippen LogP contribution in [0.2, 0.25) is 10.0 Å². The van der Waals surface area contributed by atoms with E-state index in [0.717, 1.165) is 0 Å². The van der Waals surface area contributed by atoms with Crippen LogP contribution in [-0.2, 0) is 0 Å². The van der Waals surface area contributed by atoms with Crippen molar-refractivity contribution in [2.24, 2.45) is 5.84 Å². The van der Waals surface area contributed by atoms with Crippen LogP contribution in [0.25, 0.3) is 0 Å². The third kappa shape index (κ3) is 2.97. The van der Waals surface area contributed by atoms with Gasteiger partial charge >= 0.3 is 0 Å². The fourth-order valence-electron chi connectivity index (χ4n) is 1.14. The molecule has 0 aliphatic rings. The van der Waals surface area contributed by atoms with Crippen LogP contribution in [0.1, 0.15) is 0 Å². The average molecular weight is 271 g/mol. The maximum absolute atomic E-state index is 5.86. The summed E-state index contributed by atoms with van der Waals surface area (Å²) in [5.41, 5.74) is 2.40. The maximum Gasteiger partial charge on any atom is 0.224 e. The van der Waals surface area contributed by atoms with Gasteiger partial charge in [0.25, 0.3) is 0 Å². The molecule has 1 heterocycles. The highest BCUT2D eigenvalue weighted by Gasteiger charge is 2.03. The van der Waals surface area contributed by atoms with Crippen LogP contribution >= 0.6 is 23.2 Å². The van der Waals surface area contributed by atoms with E-state index in [1.807, 2.05) is 0 Å². The lowest BCUT2D eigenvalue weighted by atomic mass is 10.3. The number of nitrogen functional groups attached to an aromatic ring is 1. The van der Waals surface area contributed by atoms with E-state index in [0.29, 0.717) is 27.5 Å². The van der Waals surface area contributed by atoms with Crippen LogP contribution in [0, 0.1) is 0 Å². The minimum Gasteiger partial charge on any atom is -0.439 e. The Balaban J connectivity index is 2.22. The first-order valence-corrected chi connectivity index (χ1v) is 5.36. The quantitative estimate of drug-likeness (QED) is 0.663. The smallest absolute Gasteiger partial charge is 0.224 e. The third-order valence-corrected chi connectivity index (χ3v) is 2.64. The fourth-order valence-corrected chi connectivity index (χ4v) is 1.42. The van der Waals surface area contributed by atoms with E-state index in [4.69, 9.17) is 33.8 Å². The number of benzene rings is 1. The van der Waals surface area contributed by atoms with Crippen LogP contribution in [0.4, 0.5) is 5.82 Å². The second-order valence-corrected chi connectivity index (χ2v) is 3.88. The summed E-state index contributed by atoms with van der Waals surface area (Å²) >= 11 is 11.7. The van der Waals surface area contributed by atoms with Crippen molar-refractivity contribution in [2.45, 2.75) is 0 Å². The molecule has 1 aromatic carbocycles. The monoisotopic (exact) mass is 270 g/mol. The molecule has 88 valence electrons. The molecule has 5 nitrogen and oxygen atoms in total. The lowest BCUT2D eigenvalue weighted by Crippen LogP contribution is -2.08. The van der Waals surface area contributed by atoms with E-state index in [-0.39, 0.29) is 0 Å². The molecule has 2 rings (SSSR count). The molecule has 0 aliphatic heterocycles. The minimum atomic E-state index is 0.353. The van der Waals surface area contributed by atoms with Crippen molar-refractivity contribution in [1.29, 1.82) is 0 Å². The highest BCUT2D eigenvalue weighted by atomic mass is 35.5. The lowest BCUT2D eigenvalue weighted by molar-refractivity contribution is 0.462. The van der Waals surface area contributed by atoms with Crippen molar-refractivity contribution in [3.8, 4) is 11.6 Å². The van der Waals surface area contributed by atoms with E-state index >= 15 is 0 Å². The second kappa shape index (κ2) is 5.18. The molecule has 1 aromatic heterocycles. The van der Waals surface area contributed by atoms with Gasteiger partial charge < -0.3 is 10.2 Å². The number of aromatic nitrogens is 2. The highest BCUT2D eigenvalue weighted by molar-refractivity contribution is 6.42. The number of hydrazine groups is 1. The van der Waals surface area contributed by atoms with Gasteiger partial charge in [0.05, 0.1) is 10.0 Å². The molecule has 0 aliphatic carbocycles. The number of nitrogens with zero attached hydrogens (tertiary/aromatic N) is 2. The molecule has 0 fully saturated rings. The Morgan fingerprint density at radius 1 is 1.12 bits per heavy atom. The van der Waals surface area contributed by atoms with E-state index in [1.165, 1.54) is 6.33 Å². The molecule has 7 heteroatoms. The zero-order chi connectivity index (χ0) is 12.3. The van der Waals surface area contributed by atoms with Gasteiger partial charge in [-0.05, 0) is 12.1 Å². The second-order valence-electron chi connectivity index (χ2n) is 3.06. The van der Waals surface area contributed by atoms with Gasteiger partial charge in [-0.1, -0.05) is 23.2 Å². The summed E-state index contributed by atoms with van der Waals surface area (Å²) < 4.78 is 5.47. The molecule has 0 radical (unpaired) electrons. The molecule has 2 aromatic rings. The number of rotatable bonds is 3. The van der Waals surface area contributed by atoms with Gasteiger partial charge in [0.1, 0.15) is 17.9 Å². The van der Waals surface area contributed by atoms with Gasteiger partial charge in [-0.3, -0.25) is 0 Å². The van der Waals surface area contributed by atoms with Crippen LogP contribution < -0.4 is 16.0 Å². The Kier molecular flexibility index (Phi) is 3.63. The molecule has 0 spiro atoms. The zero-order valence-electron chi connectivity index (χ0n) is 8.52. The molecular weight excluding hydrogens is 263 g/mol. The minimum absolute atomic E-state index is 0.353. The van der Waals surface area contributed by atoms with Gasteiger partial charge in [-0.15, -0.1) is 0 Å². The van der Waals surface area contributed by atoms with Crippen molar-refractivity contribution in [3.05, 3.63) is 40.6 Å². The number of anilines is 1. The van der Waals surface area contributed by atoms with Gasteiger partial charge in [0, 0.05) is 12.1 Å². The van der Waals surface area contributed by atoms with Crippen molar-refractivity contribution < 1.29 is 4.74 Å². The molecule has 17 heavy (non-hydrogen) atoms. The fraction of sp³-hybridized carbons (Fsp3) is 0. The molecule has 0 amide bonds. The first-order chi connectivity index (χ1) is 8.19. The highest BCUT2D eigenvalue weighted by Crippen LogP contribution is 2.28. The van der Waals surface area contributed by atoms with Crippen LogP contribution in [0.15, 0.2) is 30.6 Å². The number of halogens is 2. The average Bonchev–Trinajstić information content (AvgIpc) is 2.34. The van der Waals surface area contributed by atoms with Gasteiger partial charge in [0.15, 0.2) is 0 Å². The van der Waals surface area contributed by atoms with Crippen molar-refractivity contribution in [1.82, 2.24) is 9.97 Å². The normalized spacial score (nSPS) is 10.1. The van der Waals surface area contributed by atoms with Crippen LogP contribution in [-0.4, -0.2) is 9.97 Å². The lowest BCUT2D eigenvalue weighted by Gasteiger charge is -2.06. The Hall–Kier alpha value is -1.56. The van der Waals surface area contributed by atoms with Gasteiger partial charge in [-0.2, -0.15) is 0 Å². The van der Waals surface area contributed by atoms with Crippen LogP contribution in [0.3, 0.4) is 0 Å². The number of hydrogen-bond acceptors (Lipinski definition) is 5. The SMILES string of the molecule is NNc1cc(Oc2ccc(Cl)c(Cl)c2)ncn1. The summed E-state index contributed by atoms with van der Waals surface area (Å²) in [4.78, 5) is 7.79. The zero-order valence-corrected chi connectivity index (χ0v) is 10.0. The molecule has 3 N–H and O–H groups in total. The molecule has 0 saturated carbocycles. The number of nitrogens with one attached hydrogen (secondary N) is 1. The first-order valence-electron chi connectivity index (χ1n) is 4.60. The van der Waals surface area contributed by atoms with E-state index in [9.17, 15) is 0 Å². The molecule has 0 saturated heterocycles. The van der Waals surface area contributed by atoms with Crippen molar-refractivity contribution >= 4 is 29.0 Å². The van der Waals surface area contributed by atoms with Crippen molar-refractivity contribution in [2.75, 3.05) is 5.43 Å². The number of hydrogen-bond donors (Lipinski definition) is 2. The molecule has 0 atom stereocenters. The Morgan fingerprint density at radius 2 is 1.94 bits per heavy atom. The summed E-state index contributed by atoms with van der Waals surface area (Å²) in [6.07, 6.45) is 1.34. The Morgan fingerprint density at radius 3 is 2.65 bits per heavy atom. The van der Waals surface area contributed by atoms with E-state index in [1.54, 1.807) is 24.3 Å². The van der Waals surface area contributed by atoms with Gasteiger partial charge in [0.2, 0.25) is 5.88 Å². The summed E-state index contributed by atoms with van der Waals surface area (Å²) in [5, 5.41) is 0.876. The summed E-state index contributed by atoms with van der Waals surface area (Å²) in [7, 11) is 0. The van der Waals surface area contributed by atoms with Gasteiger partial charge in [-0.25, -0.2) is 15.8 Å². The maximum atomic E-state index is 5.86. The Labute approximate surface area is 108 Å². The van der Waals surface area contributed by atoms with E-state index < -0.39 is 0 Å². The standard InChI is InChI=1S/C10H8Cl2N4O/c11-7-2-1-6(3-8(7)12)17-10-4-9(16-13)14-5-15-10/h1-5H,13H2,(H,14,15,16). The Bertz CT molecular complexity index is 535. The summed E-state index contributed by atoms with van der Waals surface area (Å²) in [6, 6.07) is 6.48. The predicted octanol–water partition coefficient (Wildman–Crippen LogP) is 2.86. The number of ether oxygens (including phenoxy) is 1. The van der Waals surface area contributed by atoms with Crippen LogP contribution in [0.5, 0.6) is 11.6 Å². The summed E-state index contributed by atoms with van der Waals surface area (Å²) in [6.45, 7) is 0. The molecule has 0 bridgehead atoms. The first kappa shape index (κ1) is 11.9. The molecular formula is C10H8Cl2N4O. The largest absolute Gasteiger partial charge is 0.439 e. The topological polar surface area (TPSA) is 73.1 Å².